The molecular formula is C31H30N2O6. The maximum Gasteiger partial charge on any atom is 0.415 e. The Bertz CT molecular complexity index is 1420. The zero-order valence-electron chi connectivity index (χ0n) is 21.7. The molecule has 2 heterocycles. The quantitative estimate of drug-likeness (QED) is 0.302. The fraction of sp³-hybridized carbons (Fsp3) is 0.258. The van der Waals surface area contributed by atoms with Gasteiger partial charge in [0.1, 0.15) is 17.3 Å². The van der Waals surface area contributed by atoms with E-state index in [4.69, 9.17) is 13.9 Å². The summed E-state index contributed by atoms with van der Waals surface area (Å²) in [7, 11) is 0. The zero-order valence-corrected chi connectivity index (χ0v) is 21.7. The number of piperidine rings is 1. The van der Waals surface area contributed by atoms with Gasteiger partial charge in [-0.2, -0.15) is 0 Å². The van der Waals surface area contributed by atoms with Crippen molar-refractivity contribution in [3.63, 3.8) is 0 Å². The van der Waals surface area contributed by atoms with Crippen molar-refractivity contribution in [1.82, 2.24) is 9.88 Å². The second-order valence-electron chi connectivity index (χ2n) is 9.53. The Kier molecular flexibility index (Phi) is 7.91. The minimum Gasteiger partial charge on any atom is -0.493 e. The molecule has 200 valence electrons. The minimum atomic E-state index is -0.877. The van der Waals surface area contributed by atoms with Crippen LogP contribution < -0.4 is 9.47 Å². The first-order valence-corrected chi connectivity index (χ1v) is 13.0. The average molecular weight is 527 g/mol. The molecule has 1 aromatic heterocycles. The van der Waals surface area contributed by atoms with Crippen LogP contribution in [0.2, 0.25) is 0 Å². The highest BCUT2D eigenvalue weighted by molar-refractivity contribution is 5.74. The summed E-state index contributed by atoms with van der Waals surface area (Å²) in [5, 5.41) is 9.90. The van der Waals surface area contributed by atoms with E-state index in [0.29, 0.717) is 43.4 Å². The first-order valence-electron chi connectivity index (χ1n) is 13.0. The normalized spacial score (nSPS) is 17.0. The van der Waals surface area contributed by atoms with Crippen molar-refractivity contribution in [3.05, 3.63) is 102 Å². The lowest BCUT2D eigenvalue weighted by Gasteiger charge is -2.36. The lowest BCUT2D eigenvalue weighted by molar-refractivity contribution is -0.144. The fourth-order valence-electron chi connectivity index (χ4n) is 4.87. The molecule has 2 atom stereocenters. The fourth-order valence-corrected chi connectivity index (χ4v) is 4.87. The smallest absolute Gasteiger partial charge is 0.415 e. The number of hydrogen-bond donors (Lipinski definition) is 1. The molecule has 1 amide bonds. The molecule has 0 saturated carbocycles. The van der Waals surface area contributed by atoms with Gasteiger partial charge in [-0.3, -0.25) is 4.79 Å². The van der Waals surface area contributed by atoms with Crippen molar-refractivity contribution in [3.8, 4) is 23.0 Å². The predicted molar refractivity (Wildman–Crippen MR) is 145 cm³/mol. The van der Waals surface area contributed by atoms with Crippen LogP contribution in [0.15, 0.2) is 89.3 Å². The van der Waals surface area contributed by atoms with Gasteiger partial charge in [-0.05, 0) is 55.3 Å². The summed E-state index contributed by atoms with van der Waals surface area (Å²) in [6.07, 6.45) is 0.414. The number of likely N-dealkylation sites (tertiary alicyclic amines) is 1. The van der Waals surface area contributed by atoms with Crippen molar-refractivity contribution >= 4 is 12.1 Å². The van der Waals surface area contributed by atoms with Gasteiger partial charge >= 0.3 is 12.1 Å². The molecule has 4 aromatic rings. The Hall–Kier alpha value is -4.59. The van der Waals surface area contributed by atoms with E-state index in [1.54, 1.807) is 29.2 Å². The maximum absolute atomic E-state index is 12.8. The molecule has 39 heavy (non-hydrogen) atoms. The van der Waals surface area contributed by atoms with Crippen LogP contribution in [0, 0.1) is 12.8 Å². The van der Waals surface area contributed by atoms with Gasteiger partial charge in [0.05, 0.1) is 18.2 Å². The Morgan fingerprint density at radius 2 is 1.72 bits per heavy atom. The van der Waals surface area contributed by atoms with E-state index in [1.165, 1.54) is 0 Å². The number of rotatable bonds is 8. The van der Waals surface area contributed by atoms with Crippen molar-refractivity contribution < 1.29 is 28.6 Å². The van der Waals surface area contributed by atoms with Gasteiger partial charge in [-0.25, -0.2) is 9.78 Å². The first-order chi connectivity index (χ1) is 19.0. The number of benzene rings is 3. The number of ether oxygens (including phenoxy) is 2. The summed E-state index contributed by atoms with van der Waals surface area (Å²) in [6, 6.07) is 26.0. The van der Waals surface area contributed by atoms with Gasteiger partial charge in [0, 0.05) is 31.0 Å². The number of carbonyl (C=O) groups is 2. The van der Waals surface area contributed by atoms with E-state index in [2.05, 4.69) is 4.98 Å². The van der Waals surface area contributed by atoms with Gasteiger partial charge in [0.2, 0.25) is 5.89 Å². The van der Waals surface area contributed by atoms with Crippen molar-refractivity contribution in [2.45, 2.75) is 25.7 Å². The maximum atomic E-state index is 12.8. The molecule has 1 aliphatic heterocycles. The molecule has 1 fully saturated rings. The number of amides is 1. The lowest BCUT2D eigenvalue weighted by atomic mass is 9.81. The number of carboxylic acid groups (broad SMARTS) is 1. The number of nitrogens with zero attached hydrogens (tertiary/aromatic N) is 2. The summed E-state index contributed by atoms with van der Waals surface area (Å²) in [6.45, 7) is 2.83. The Morgan fingerprint density at radius 3 is 2.46 bits per heavy atom. The SMILES string of the molecule is Cc1oc(-c2ccccc2)nc1CCOc1cccc(C2CN(C(=O)Oc3ccccc3)CC[C@@H]2C(=O)O)c1. The van der Waals surface area contributed by atoms with Crippen LogP contribution in [0.1, 0.15) is 29.4 Å². The van der Waals surface area contributed by atoms with Crippen LogP contribution in [-0.2, 0) is 11.2 Å². The minimum absolute atomic E-state index is 0.243. The lowest BCUT2D eigenvalue weighted by Crippen LogP contribution is -2.46. The molecule has 0 spiro atoms. The van der Waals surface area contributed by atoms with E-state index >= 15 is 0 Å². The number of carbonyl (C=O) groups excluding carboxylic acids is 1. The Balaban J connectivity index is 1.24. The van der Waals surface area contributed by atoms with E-state index < -0.39 is 23.9 Å². The van der Waals surface area contributed by atoms with Crippen LogP contribution in [0.4, 0.5) is 4.79 Å². The number of aromatic nitrogens is 1. The summed E-state index contributed by atoms with van der Waals surface area (Å²) in [5.41, 5.74) is 2.56. The third-order valence-corrected chi connectivity index (χ3v) is 6.94. The number of para-hydroxylation sites is 1. The second-order valence-corrected chi connectivity index (χ2v) is 9.53. The van der Waals surface area contributed by atoms with Crippen LogP contribution in [0.3, 0.4) is 0 Å². The molecule has 1 aliphatic rings. The molecule has 0 aliphatic carbocycles. The van der Waals surface area contributed by atoms with Gasteiger partial charge in [-0.1, -0.05) is 48.5 Å². The highest BCUT2D eigenvalue weighted by Gasteiger charge is 2.37. The van der Waals surface area contributed by atoms with Crippen molar-refractivity contribution in [2.24, 2.45) is 5.92 Å². The van der Waals surface area contributed by atoms with E-state index in [-0.39, 0.29) is 6.54 Å². The zero-order chi connectivity index (χ0) is 27.2. The highest BCUT2D eigenvalue weighted by atomic mass is 16.6. The molecule has 0 bridgehead atoms. The average Bonchev–Trinajstić information content (AvgIpc) is 3.34. The molecule has 8 heteroatoms. The summed E-state index contributed by atoms with van der Waals surface area (Å²) < 4.78 is 17.4. The number of oxazole rings is 1. The molecule has 5 rings (SSSR count). The Morgan fingerprint density at radius 1 is 1.00 bits per heavy atom. The monoisotopic (exact) mass is 526 g/mol. The van der Waals surface area contributed by atoms with Crippen LogP contribution in [-0.4, -0.2) is 46.7 Å². The molecule has 1 unspecified atom stereocenters. The van der Waals surface area contributed by atoms with Crippen LogP contribution in [0.5, 0.6) is 11.5 Å². The molecule has 3 aromatic carbocycles. The topological polar surface area (TPSA) is 102 Å². The summed E-state index contributed by atoms with van der Waals surface area (Å²) in [4.78, 5) is 31.1. The second kappa shape index (κ2) is 11.9. The largest absolute Gasteiger partial charge is 0.493 e. The first kappa shape index (κ1) is 26.0. The van der Waals surface area contributed by atoms with Crippen LogP contribution in [0.25, 0.3) is 11.5 Å². The van der Waals surface area contributed by atoms with E-state index in [9.17, 15) is 14.7 Å². The Labute approximate surface area is 226 Å². The number of carboxylic acids is 1. The highest BCUT2D eigenvalue weighted by Crippen LogP contribution is 2.35. The third kappa shape index (κ3) is 6.29. The molecular weight excluding hydrogens is 496 g/mol. The van der Waals surface area contributed by atoms with Crippen molar-refractivity contribution in [2.75, 3.05) is 19.7 Å². The number of aliphatic carboxylic acids is 1. The third-order valence-electron chi connectivity index (χ3n) is 6.94. The van der Waals surface area contributed by atoms with Gasteiger partial charge in [-0.15, -0.1) is 0 Å². The molecule has 1 N–H and O–H groups in total. The van der Waals surface area contributed by atoms with Gasteiger partial charge in [0.25, 0.3) is 0 Å². The molecule has 8 nitrogen and oxygen atoms in total. The standard InChI is InChI=1S/C31H30N2O6/c1-21-28(32-29(38-21)22-9-4-2-5-10-22)16-18-37-25-14-8-11-23(19-25)27-20-33(17-15-26(27)30(34)35)31(36)39-24-12-6-3-7-13-24/h2-14,19,26-27H,15-18,20H2,1H3,(H,34,35)/t26-,27?/m0/s1. The van der Waals surface area contributed by atoms with Gasteiger partial charge < -0.3 is 23.9 Å². The van der Waals surface area contributed by atoms with Crippen molar-refractivity contribution in [1.29, 1.82) is 0 Å². The van der Waals surface area contributed by atoms with E-state index in [0.717, 1.165) is 22.6 Å². The number of hydrogen-bond acceptors (Lipinski definition) is 6. The van der Waals surface area contributed by atoms with Gasteiger partial charge in [0.15, 0.2) is 0 Å². The summed E-state index contributed by atoms with van der Waals surface area (Å²) >= 11 is 0. The molecule has 1 saturated heterocycles. The molecule has 0 radical (unpaired) electrons. The summed E-state index contributed by atoms with van der Waals surface area (Å²) in [5.74, 6) is 0.526. The number of aryl methyl sites for hydroxylation is 1. The predicted octanol–water partition coefficient (Wildman–Crippen LogP) is 5.96. The van der Waals surface area contributed by atoms with Crippen LogP contribution >= 0.6 is 0 Å². The van der Waals surface area contributed by atoms with E-state index in [1.807, 2.05) is 67.6 Å².